The molecular formula is C13H16N4OS. The van der Waals surface area contributed by atoms with Crippen molar-refractivity contribution in [2.45, 2.75) is 25.4 Å². The fraction of sp³-hybridized carbons (Fsp3) is 0.308. The van der Waals surface area contributed by atoms with Crippen molar-refractivity contribution in [2.24, 2.45) is 0 Å². The molecule has 100 valence electrons. The molecule has 0 fully saturated rings. The van der Waals surface area contributed by atoms with Gasteiger partial charge in [0.05, 0.1) is 5.75 Å². The molecule has 0 atom stereocenters. The molecule has 1 amide bonds. The van der Waals surface area contributed by atoms with Crippen molar-refractivity contribution < 1.29 is 4.79 Å². The number of carbonyl (C=O) groups excluding carboxylic acids is 1. The van der Waals surface area contributed by atoms with Gasteiger partial charge in [-0.25, -0.2) is 4.98 Å². The molecule has 5 nitrogen and oxygen atoms in total. The second-order valence-corrected chi connectivity index (χ2v) is 5.04. The van der Waals surface area contributed by atoms with Crippen LogP contribution in [0.4, 0.5) is 5.69 Å². The standard InChI is InChI=1S/C13H16N4OS/c1-3-10-5-4-6-11(7-10)15-12(18)8-19-13-14-9(2)16-17-13/h4-7H,3,8H2,1-2H3,(H,15,18)(H,14,16,17). The van der Waals surface area contributed by atoms with E-state index in [1.54, 1.807) is 0 Å². The average molecular weight is 276 g/mol. The summed E-state index contributed by atoms with van der Waals surface area (Å²) in [5, 5.41) is 10.2. The monoisotopic (exact) mass is 276 g/mol. The summed E-state index contributed by atoms with van der Waals surface area (Å²) in [6.07, 6.45) is 0.953. The molecule has 0 unspecified atom stereocenters. The Morgan fingerprint density at radius 2 is 2.32 bits per heavy atom. The van der Waals surface area contributed by atoms with Crippen molar-refractivity contribution in [3.05, 3.63) is 35.7 Å². The Hall–Kier alpha value is -1.82. The molecule has 0 radical (unpaired) electrons. The first-order valence-corrected chi connectivity index (χ1v) is 7.06. The van der Waals surface area contributed by atoms with Crippen LogP contribution in [0, 0.1) is 6.92 Å². The number of carbonyl (C=O) groups is 1. The van der Waals surface area contributed by atoms with E-state index in [1.165, 1.54) is 17.3 Å². The van der Waals surface area contributed by atoms with Gasteiger partial charge in [-0.2, -0.15) is 0 Å². The lowest BCUT2D eigenvalue weighted by Gasteiger charge is -2.05. The van der Waals surface area contributed by atoms with E-state index >= 15 is 0 Å². The zero-order chi connectivity index (χ0) is 13.7. The fourth-order valence-corrected chi connectivity index (χ4v) is 2.23. The van der Waals surface area contributed by atoms with Gasteiger partial charge in [0.1, 0.15) is 5.82 Å². The summed E-state index contributed by atoms with van der Waals surface area (Å²) < 4.78 is 0. The van der Waals surface area contributed by atoms with Crippen molar-refractivity contribution in [3.63, 3.8) is 0 Å². The Balaban J connectivity index is 1.86. The van der Waals surface area contributed by atoms with E-state index in [9.17, 15) is 4.79 Å². The molecule has 1 heterocycles. The van der Waals surface area contributed by atoms with E-state index in [-0.39, 0.29) is 5.91 Å². The molecule has 0 bridgehead atoms. The summed E-state index contributed by atoms with van der Waals surface area (Å²) in [5.74, 6) is 0.993. The zero-order valence-corrected chi connectivity index (χ0v) is 11.8. The van der Waals surface area contributed by atoms with Crippen LogP contribution in [0.2, 0.25) is 0 Å². The number of hydrogen-bond donors (Lipinski definition) is 2. The molecule has 19 heavy (non-hydrogen) atoms. The highest BCUT2D eigenvalue weighted by Crippen LogP contribution is 2.14. The van der Waals surface area contributed by atoms with Crippen molar-refractivity contribution in [1.82, 2.24) is 15.2 Å². The molecule has 0 spiro atoms. The molecule has 2 N–H and O–H groups in total. The molecule has 0 aliphatic carbocycles. The first-order chi connectivity index (χ1) is 9.17. The highest BCUT2D eigenvalue weighted by Gasteiger charge is 2.06. The number of benzene rings is 1. The van der Waals surface area contributed by atoms with Gasteiger partial charge in [-0.3, -0.25) is 9.89 Å². The molecule has 0 aliphatic rings. The molecule has 1 aromatic carbocycles. The van der Waals surface area contributed by atoms with Crippen LogP contribution in [0.15, 0.2) is 29.4 Å². The van der Waals surface area contributed by atoms with Crippen LogP contribution in [-0.4, -0.2) is 26.8 Å². The maximum absolute atomic E-state index is 11.8. The van der Waals surface area contributed by atoms with Gasteiger partial charge in [-0.05, 0) is 31.0 Å². The normalized spacial score (nSPS) is 10.4. The number of hydrogen-bond acceptors (Lipinski definition) is 4. The summed E-state index contributed by atoms with van der Waals surface area (Å²) >= 11 is 1.31. The zero-order valence-electron chi connectivity index (χ0n) is 10.9. The van der Waals surface area contributed by atoms with Gasteiger partial charge >= 0.3 is 0 Å². The maximum Gasteiger partial charge on any atom is 0.234 e. The van der Waals surface area contributed by atoms with Gasteiger partial charge < -0.3 is 5.32 Å². The molecule has 0 saturated carbocycles. The number of thioether (sulfide) groups is 1. The number of rotatable bonds is 5. The Kier molecular flexibility index (Phi) is 4.57. The number of nitrogens with one attached hydrogen (secondary N) is 2. The molecule has 2 rings (SSSR count). The van der Waals surface area contributed by atoms with Gasteiger partial charge in [0.15, 0.2) is 0 Å². The van der Waals surface area contributed by atoms with Crippen LogP contribution in [0.1, 0.15) is 18.3 Å². The first kappa shape index (κ1) is 13.6. The highest BCUT2D eigenvalue weighted by molar-refractivity contribution is 7.99. The van der Waals surface area contributed by atoms with Gasteiger partial charge in [0.2, 0.25) is 11.1 Å². The van der Waals surface area contributed by atoms with Crippen molar-refractivity contribution in [1.29, 1.82) is 0 Å². The summed E-state index contributed by atoms with van der Waals surface area (Å²) in [4.78, 5) is 15.9. The molecule has 6 heteroatoms. The number of aromatic nitrogens is 3. The van der Waals surface area contributed by atoms with Crippen LogP contribution in [0.5, 0.6) is 0 Å². The maximum atomic E-state index is 11.8. The second kappa shape index (κ2) is 6.38. The number of amides is 1. The molecule has 2 aromatic rings. The smallest absolute Gasteiger partial charge is 0.234 e. The molecular weight excluding hydrogens is 260 g/mol. The van der Waals surface area contributed by atoms with Gasteiger partial charge in [0.25, 0.3) is 0 Å². The summed E-state index contributed by atoms with van der Waals surface area (Å²) in [6.45, 7) is 3.91. The average Bonchev–Trinajstić information content (AvgIpc) is 2.82. The van der Waals surface area contributed by atoms with Gasteiger partial charge in [-0.15, -0.1) is 5.10 Å². The number of aromatic amines is 1. The second-order valence-electron chi connectivity index (χ2n) is 4.09. The van der Waals surface area contributed by atoms with Crippen LogP contribution in [0.3, 0.4) is 0 Å². The van der Waals surface area contributed by atoms with Crippen molar-refractivity contribution in [2.75, 3.05) is 11.1 Å². The predicted molar refractivity (Wildman–Crippen MR) is 76.3 cm³/mol. The molecule has 1 aromatic heterocycles. The van der Waals surface area contributed by atoms with E-state index in [2.05, 4.69) is 27.4 Å². The first-order valence-electron chi connectivity index (χ1n) is 6.08. The molecule has 0 aliphatic heterocycles. The van der Waals surface area contributed by atoms with Gasteiger partial charge in [0, 0.05) is 5.69 Å². The SMILES string of the molecule is CCc1cccc(NC(=O)CSc2n[nH]c(C)n2)c1. The summed E-state index contributed by atoms with van der Waals surface area (Å²) in [7, 11) is 0. The third kappa shape index (κ3) is 4.10. The van der Waals surface area contributed by atoms with E-state index in [1.807, 2.05) is 31.2 Å². The van der Waals surface area contributed by atoms with E-state index in [4.69, 9.17) is 0 Å². The third-order valence-corrected chi connectivity index (χ3v) is 3.38. The van der Waals surface area contributed by atoms with Crippen molar-refractivity contribution in [3.8, 4) is 0 Å². The lowest BCUT2D eigenvalue weighted by molar-refractivity contribution is -0.113. The van der Waals surface area contributed by atoms with Crippen molar-refractivity contribution >= 4 is 23.4 Å². The largest absolute Gasteiger partial charge is 0.325 e. The lowest BCUT2D eigenvalue weighted by atomic mass is 10.1. The van der Waals surface area contributed by atoms with E-state index < -0.39 is 0 Å². The number of nitrogens with zero attached hydrogens (tertiary/aromatic N) is 2. The third-order valence-electron chi connectivity index (χ3n) is 2.53. The number of H-pyrrole nitrogens is 1. The Labute approximate surface area is 116 Å². The fourth-order valence-electron chi connectivity index (χ4n) is 1.58. The minimum atomic E-state index is -0.0549. The van der Waals surface area contributed by atoms with Crippen LogP contribution in [0.25, 0.3) is 0 Å². The minimum absolute atomic E-state index is 0.0549. The van der Waals surface area contributed by atoms with Crippen LogP contribution in [-0.2, 0) is 11.2 Å². The van der Waals surface area contributed by atoms with Gasteiger partial charge in [-0.1, -0.05) is 30.8 Å². The lowest BCUT2D eigenvalue weighted by Crippen LogP contribution is -2.14. The summed E-state index contributed by atoms with van der Waals surface area (Å²) in [5.41, 5.74) is 2.03. The quantitative estimate of drug-likeness (QED) is 0.823. The van der Waals surface area contributed by atoms with E-state index in [0.717, 1.165) is 17.9 Å². The van der Waals surface area contributed by atoms with Crippen LogP contribution >= 0.6 is 11.8 Å². The number of anilines is 1. The topological polar surface area (TPSA) is 70.7 Å². The Morgan fingerprint density at radius 3 is 3.00 bits per heavy atom. The van der Waals surface area contributed by atoms with Crippen LogP contribution < -0.4 is 5.32 Å². The summed E-state index contributed by atoms with van der Waals surface area (Å²) in [6, 6.07) is 7.86. The van der Waals surface area contributed by atoms with E-state index in [0.29, 0.717) is 10.9 Å². The predicted octanol–water partition coefficient (Wildman–Crippen LogP) is 2.41. The highest BCUT2D eigenvalue weighted by atomic mass is 32.2. The minimum Gasteiger partial charge on any atom is -0.325 e. The number of aryl methyl sites for hydroxylation is 2. The Morgan fingerprint density at radius 1 is 1.47 bits per heavy atom. The Bertz CT molecular complexity index is 567. The molecule has 0 saturated heterocycles.